The van der Waals surface area contributed by atoms with Gasteiger partial charge in [-0.15, -0.1) is 0 Å². The van der Waals surface area contributed by atoms with Crippen LogP contribution in [-0.4, -0.2) is 32.8 Å². The van der Waals surface area contributed by atoms with Gasteiger partial charge in [0.05, 0.1) is 29.3 Å². The van der Waals surface area contributed by atoms with Crippen LogP contribution >= 0.6 is 24.0 Å². The molecule has 0 heterocycles. The number of phosphoric acid groups is 1. The lowest BCUT2D eigenvalue weighted by atomic mass is 10.6. The van der Waals surface area contributed by atoms with Crippen molar-refractivity contribution in [1.82, 2.24) is 3.93 Å². The summed E-state index contributed by atoms with van der Waals surface area (Å²) in [5, 5.41) is 0. The number of carbonyl (C=O) groups excluding carboxylic acids is 1. The first-order chi connectivity index (χ1) is 5.33. The first-order valence-electron chi connectivity index (χ1n) is 2.97. The molecule has 72 valence electrons. The first-order valence-corrected chi connectivity index (χ1v) is 5.21. The second kappa shape index (κ2) is 4.94. The highest BCUT2D eigenvalue weighted by Gasteiger charge is 2.14. The zero-order chi connectivity index (χ0) is 9.78. The second-order valence-electron chi connectivity index (χ2n) is 1.93. The Hall–Kier alpha value is 0.0600. The van der Waals surface area contributed by atoms with Gasteiger partial charge in [-0.2, -0.15) is 0 Å². The van der Waals surface area contributed by atoms with Gasteiger partial charge in [0.15, 0.2) is 0 Å². The summed E-state index contributed by atoms with van der Waals surface area (Å²) in [6, 6.07) is 0. The van der Waals surface area contributed by atoms with Crippen LogP contribution in [0.4, 0.5) is 0 Å². The average molecular weight is 262 g/mol. The Morgan fingerprint density at radius 3 is 2.50 bits per heavy atom. The van der Waals surface area contributed by atoms with Crippen molar-refractivity contribution in [1.29, 1.82) is 0 Å². The first kappa shape index (κ1) is 12.1. The quantitative estimate of drug-likeness (QED) is 0.560. The number of nitrogens with zero attached hydrogens (tertiary/aromatic N) is 1. The number of carbonyl (C=O) groups is 1. The number of halogens is 1. The van der Waals surface area contributed by atoms with Crippen LogP contribution in [0.5, 0.6) is 0 Å². The minimum absolute atomic E-state index is 0.0838. The van der Waals surface area contributed by atoms with Gasteiger partial charge >= 0.3 is 7.82 Å². The second-order valence-corrected chi connectivity index (χ2v) is 4.02. The van der Waals surface area contributed by atoms with Crippen molar-refractivity contribution < 1.29 is 23.7 Å². The molecule has 0 aliphatic heterocycles. The summed E-state index contributed by atoms with van der Waals surface area (Å²) in [5.41, 5.74) is 0. The molecule has 8 heteroatoms. The summed E-state index contributed by atoms with van der Waals surface area (Å²) in [5.74, 6) is -0.260. The maximum Gasteiger partial charge on any atom is 0.469 e. The number of hydrogen-bond donors (Lipinski definition) is 2. The van der Waals surface area contributed by atoms with Crippen LogP contribution in [0.25, 0.3) is 0 Å². The van der Waals surface area contributed by atoms with E-state index in [4.69, 9.17) is 9.79 Å². The SMILES string of the molecule is CC(=O)N(Br)CCOP(=O)(O)O. The third-order valence-electron chi connectivity index (χ3n) is 0.889. The third-order valence-corrected chi connectivity index (χ3v) is 2.26. The van der Waals surface area contributed by atoms with Crippen molar-refractivity contribution in [3.05, 3.63) is 0 Å². The van der Waals surface area contributed by atoms with E-state index in [0.717, 1.165) is 3.93 Å². The molecule has 0 bridgehead atoms. The number of hydrogen-bond acceptors (Lipinski definition) is 3. The Bertz CT molecular complexity index is 204. The van der Waals surface area contributed by atoms with Crippen LogP contribution in [0.2, 0.25) is 0 Å². The maximum absolute atomic E-state index is 10.5. The van der Waals surface area contributed by atoms with E-state index in [-0.39, 0.29) is 19.1 Å². The third kappa shape index (κ3) is 6.75. The predicted octanol–water partition coefficient (Wildman–Crippen LogP) is 0.254. The Morgan fingerprint density at radius 2 is 2.17 bits per heavy atom. The van der Waals surface area contributed by atoms with E-state index in [1.807, 2.05) is 0 Å². The average Bonchev–Trinajstić information content (AvgIpc) is 1.84. The zero-order valence-electron chi connectivity index (χ0n) is 6.31. The molecule has 0 aromatic rings. The summed E-state index contributed by atoms with van der Waals surface area (Å²) < 4.78 is 15.3. The van der Waals surface area contributed by atoms with Crippen LogP contribution in [0, 0.1) is 0 Å². The summed E-state index contributed by atoms with van der Waals surface area (Å²) in [4.78, 5) is 27.0. The molecule has 0 radical (unpaired) electrons. The zero-order valence-corrected chi connectivity index (χ0v) is 8.79. The largest absolute Gasteiger partial charge is 0.469 e. The van der Waals surface area contributed by atoms with Crippen molar-refractivity contribution in [3.8, 4) is 0 Å². The minimum atomic E-state index is -4.41. The number of amides is 1. The molecular formula is C4H9BrNO5P. The lowest BCUT2D eigenvalue weighted by Gasteiger charge is -2.11. The Morgan fingerprint density at radius 1 is 1.67 bits per heavy atom. The van der Waals surface area contributed by atoms with Crippen molar-refractivity contribution in [2.24, 2.45) is 0 Å². The van der Waals surface area contributed by atoms with Gasteiger partial charge in [0.25, 0.3) is 0 Å². The van der Waals surface area contributed by atoms with Crippen LogP contribution in [0.3, 0.4) is 0 Å². The summed E-state index contributed by atoms with van der Waals surface area (Å²) in [7, 11) is -4.41. The minimum Gasteiger partial charge on any atom is -0.303 e. The maximum atomic E-state index is 10.5. The molecule has 0 spiro atoms. The molecule has 0 aliphatic carbocycles. The van der Waals surface area contributed by atoms with Crippen molar-refractivity contribution in [2.45, 2.75) is 6.92 Å². The highest BCUT2D eigenvalue weighted by Crippen LogP contribution is 2.35. The molecular weight excluding hydrogens is 253 g/mol. The molecule has 12 heavy (non-hydrogen) atoms. The van der Waals surface area contributed by atoms with E-state index < -0.39 is 7.82 Å². The molecule has 6 nitrogen and oxygen atoms in total. The molecule has 1 amide bonds. The van der Waals surface area contributed by atoms with Gasteiger partial charge < -0.3 is 9.79 Å². The summed E-state index contributed by atoms with van der Waals surface area (Å²) >= 11 is 2.86. The molecule has 0 aliphatic rings. The van der Waals surface area contributed by atoms with Crippen molar-refractivity contribution >= 4 is 29.9 Å². The topological polar surface area (TPSA) is 87.1 Å². The van der Waals surface area contributed by atoms with Gasteiger partial charge in [0, 0.05) is 6.92 Å². The molecule has 0 aromatic carbocycles. The van der Waals surface area contributed by atoms with Gasteiger partial charge in [0.1, 0.15) is 0 Å². The number of rotatable bonds is 4. The molecule has 0 saturated carbocycles. The fourth-order valence-electron chi connectivity index (χ4n) is 0.397. The molecule has 2 N–H and O–H groups in total. The molecule has 0 unspecified atom stereocenters. The van der Waals surface area contributed by atoms with E-state index in [1.54, 1.807) is 0 Å². The highest BCUT2D eigenvalue weighted by molar-refractivity contribution is 9.07. The highest BCUT2D eigenvalue weighted by atomic mass is 79.9. The fraction of sp³-hybridized carbons (Fsp3) is 0.750. The van der Waals surface area contributed by atoms with E-state index in [2.05, 4.69) is 20.7 Å². The monoisotopic (exact) mass is 261 g/mol. The van der Waals surface area contributed by atoms with Gasteiger partial charge in [-0.05, 0) is 0 Å². The smallest absolute Gasteiger partial charge is 0.303 e. The van der Waals surface area contributed by atoms with Gasteiger partial charge in [-0.25, -0.2) is 4.57 Å². The standard InChI is InChI=1S/C4H9BrNO5P/c1-4(7)6(5)2-3-11-12(8,9)10/h2-3H2,1H3,(H2,8,9,10). The normalized spacial score (nSPS) is 11.3. The van der Waals surface area contributed by atoms with Crippen molar-refractivity contribution in [3.63, 3.8) is 0 Å². The molecule has 0 saturated heterocycles. The van der Waals surface area contributed by atoms with Gasteiger partial charge in [0.2, 0.25) is 5.91 Å². The van der Waals surface area contributed by atoms with Crippen LogP contribution < -0.4 is 0 Å². The lowest BCUT2D eigenvalue weighted by molar-refractivity contribution is -0.123. The van der Waals surface area contributed by atoms with E-state index in [9.17, 15) is 9.36 Å². The number of phosphoric ester groups is 1. The van der Waals surface area contributed by atoms with Crippen LogP contribution in [-0.2, 0) is 13.9 Å². The van der Waals surface area contributed by atoms with Gasteiger partial charge in [-0.1, -0.05) is 0 Å². The molecule has 0 aromatic heterocycles. The Labute approximate surface area is 78.1 Å². The predicted molar refractivity (Wildman–Crippen MR) is 44.3 cm³/mol. The van der Waals surface area contributed by atoms with Gasteiger partial charge in [-0.3, -0.25) is 13.2 Å². The Balaban J connectivity index is 3.58. The molecule has 0 rings (SSSR count). The van der Waals surface area contributed by atoms with Crippen molar-refractivity contribution in [2.75, 3.05) is 13.2 Å². The van der Waals surface area contributed by atoms with E-state index in [1.165, 1.54) is 6.92 Å². The fourth-order valence-corrected chi connectivity index (χ4v) is 0.862. The van der Waals surface area contributed by atoms with Crippen LogP contribution in [0.1, 0.15) is 6.92 Å². The van der Waals surface area contributed by atoms with E-state index in [0.29, 0.717) is 0 Å². The summed E-state index contributed by atoms with van der Waals surface area (Å²) in [6.07, 6.45) is 0. The Kier molecular flexibility index (Phi) is 4.96. The summed E-state index contributed by atoms with van der Waals surface area (Å²) in [6.45, 7) is 1.18. The van der Waals surface area contributed by atoms with E-state index >= 15 is 0 Å². The molecule has 0 fully saturated rings. The lowest BCUT2D eigenvalue weighted by Crippen LogP contribution is -2.21. The molecule has 0 atom stereocenters. The van der Waals surface area contributed by atoms with Crippen LogP contribution in [0.15, 0.2) is 0 Å².